The fourth-order valence-electron chi connectivity index (χ4n) is 2.77. The molecular formula is C17H25N3O. The third-order valence-corrected chi connectivity index (χ3v) is 3.74. The molecule has 1 fully saturated rings. The SMILES string of the molecule is CC(C)CN1CCC(Nc2ccc(OCC#N)cc2)CC1. The predicted octanol–water partition coefficient (Wildman–Crippen LogP) is 3.12. The van der Waals surface area contributed by atoms with Crippen molar-refractivity contribution in [2.45, 2.75) is 32.7 Å². The summed E-state index contributed by atoms with van der Waals surface area (Å²) < 4.78 is 5.26. The van der Waals surface area contributed by atoms with Gasteiger partial charge in [0.25, 0.3) is 0 Å². The lowest BCUT2D eigenvalue weighted by molar-refractivity contribution is 0.198. The highest BCUT2D eigenvalue weighted by Gasteiger charge is 2.19. The van der Waals surface area contributed by atoms with E-state index >= 15 is 0 Å². The summed E-state index contributed by atoms with van der Waals surface area (Å²) in [6, 6.07) is 10.4. The Bertz CT molecular complexity index is 456. The molecule has 4 heteroatoms. The number of nitriles is 1. The lowest BCUT2D eigenvalue weighted by Crippen LogP contribution is -2.40. The highest BCUT2D eigenvalue weighted by Crippen LogP contribution is 2.20. The van der Waals surface area contributed by atoms with Crippen LogP contribution in [0.3, 0.4) is 0 Å². The number of piperidine rings is 1. The monoisotopic (exact) mass is 287 g/mol. The predicted molar refractivity (Wildman–Crippen MR) is 85.5 cm³/mol. The smallest absolute Gasteiger partial charge is 0.174 e. The van der Waals surface area contributed by atoms with Gasteiger partial charge in [-0.1, -0.05) is 13.8 Å². The molecule has 1 aromatic rings. The van der Waals surface area contributed by atoms with Crippen molar-refractivity contribution in [1.29, 1.82) is 5.26 Å². The number of likely N-dealkylation sites (tertiary alicyclic amines) is 1. The lowest BCUT2D eigenvalue weighted by Gasteiger charge is -2.33. The zero-order chi connectivity index (χ0) is 15.1. The number of hydrogen-bond acceptors (Lipinski definition) is 4. The van der Waals surface area contributed by atoms with Crippen LogP contribution < -0.4 is 10.1 Å². The molecule has 0 amide bonds. The molecule has 0 spiro atoms. The van der Waals surface area contributed by atoms with E-state index in [2.05, 4.69) is 24.1 Å². The van der Waals surface area contributed by atoms with Gasteiger partial charge in [-0.25, -0.2) is 0 Å². The molecule has 1 aliphatic rings. The van der Waals surface area contributed by atoms with Crippen LogP contribution in [-0.2, 0) is 0 Å². The summed E-state index contributed by atoms with van der Waals surface area (Å²) in [5.41, 5.74) is 1.13. The molecule has 0 bridgehead atoms. The highest BCUT2D eigenvalue weighted by atomic mass is 16.5. The van der Waals surface area contributed by atoms with Gasteiger partial charge in [-0.2, -0.15) is 5.26 Å². The second-order valence-electron chi connectivity index (χ2n) is 6.08. The fraction of sp³-hybridized carbons (Fsp3) is 0.588. The summed E-state index contributed by atoms with van der Waals surface area (Å²) in [4.78, 5) is 2.56. The van der Waals surface area contributed by atoms with Crippen molar-refractivity contribution in [3.05, 3.63) is 24.3 Å². The Morgan fingerprint density at radius 3 is 2.52 bits per heavy atom. The third-order valence-electron chi connectivity index (χ3n) is 3.74. The zero-order valence-electron chi connectivity index (χ0n) is 13.0. The van der Waals surface area contributed by atoms with Crippen molar-refractivity contribution in [2.75, 3.05) is 31.6 Å². The van der Waals surface area contributed by atoms with E-state index in [1.54, 1.807) is 0 Å². The van der Waals surface area contributed by atoms with Crippen LogP contribution in [0.1, 0.15) is 26.7 Å². The Kier molecular flexibility index (Phi) is 5.89. The van der Waals surface area contributed by atoms with Gasteiger partial charge < -0.3 is 15.0 Å². The third kappa shape index (κ3) is 5.28. The van der Waals surface area contributed by atoms with Gasteiger partial charge in [-0.3, -0.25) is 0 Å². The minimum absolute atomic E-state index is 0.0983. The molecule has 0 radical (unpaired) electrons. The van der Waals surface area contributed by atoms with Crippen molar-refractivity contribution in [3.8, 4) is 11.8 Å². The van der Waals surface area contributed by atoms with Crippen LogP contribution >= 0.6 is 0 Å². The summed E-state index contributed by atoms with van der Waals surface area (Å²) in [7, 11) is 0. The first-order chi connectivity index (χ1) is 10.2. The first kappa shape index (κ1) is 15.7. The van der Waals surface area contributed by atoms with Crippen LogP contribution in [0.25, 0.3) is 0 Å². The van der Waals surface area contributed by atoms with Crippen molar-refractivity contribution in [3.63, 3.8) is 0 Å². The average molecular weight is 287 g/mol. The Labute approximate surface area is 127 Å². The van der Waals surface area contributed by atoms with Crippen molar-refractivity contribution in [2.24, 2.45) is 5.92 Å². The number of nitrogens with one attached hydrogen (secondary N) is 1. The van der Waals surface area contributed by atoms with Crippen LogP contribution in [0.5, 0.6) is 5.75 Å². The molecule has 0 saturated carbocycles. The van der Waals surface area contributed by atoms with Crippen LogP contribution in [0.2, 0.25) is 0 Å². The second kappa shape index (κ2) is 7.90. The molecule has 0 atom stereocenters. The molecule has 0 aliphatic carbocycles. The van der Waals surface area contributed by atoms with Gasteiger partial charge in [0.1, 0.15) is 11.8 Å². The van der Waals surface area contributed by atoms with Gasteiger partial charge in [0.2, 0.25) is 0 Å². The van der Waals surface area contributed by atoms with E-state index < -0.39 is 0 Å². The summed E-state index contributed by atoms with van der Waals surface area (Å²) in [6.45, 7) is 8.22. The minimum atomic E-state index is 0.0983. The standard InChI is InChI=1S/C17H25N3O/c1-14(2)13-20-10-7-16(8-11-20)19-15-3-5-17(6-4-15)21-12-9-18/h3-6,14,16,19H,7-8,10-13H2,1-2H3. The van der Waals surface area contributed by atoms with Gasteiger partial charge in [0.05, 0.1) is 0 Å². The van der Waals surface area contributed by atoms with Gasteiger partial charge in [-0.15, -0.1) is 0 Å². The number of rotatable bonds is 6. The first-order valence-electron chi connectivity index (χ1n) is 7.76. The van der Waals surface area contributed by atoms with Crippen LogP contribution in [0, 0.1) is 17.2 Å². The number of anilines is 1. The van der Waals surface area contributed by atoms with E-state index in [4.69, 9.17) is 10.00 Å². The molecule has 1 heterocycles. The van der Waals surface area contributed by atoms with Crippen LogP contribution in [0.15, 0.2) is 24.3 Å². The van der Waals surface area contributed by atoms with Crippen molar-refractivity contribution >= 4 is 5.69 Å². The molecule has 114 valence electrons. The highest BCUT2D eigenvalue weighted by molar-refractivity contribution is 5.47. The fourth-order valence-corrected chi connectivity index (χ4v) is 2.77. The summed E-state index contributed by atoms with van der Waals surface area (Å²) in [6.07, 6.45) is 2.39. The summed E-state index contributed by atoms with van der Waals surface area (Å²) in [5, 5.41) is 12.1. The average Bonchev–Trinajstić information content (AvgIpc) is 2.48. The van der Waals surface area contributed by atoms with E-state index in [1.165, 1.54) is 32.5 Å². The second-order valence-corrected chi connectivity index (χ2v) is 6.08. The molecule has 1 aromatic carbocycles. The quantitative estimate of drug-likeness (QED) is 0.873. The maximum atomic E-state index is 8.48. The summed E-state index contributed by atoms with van der Waals surface area (Å²) >= 11 is 0. The molecule has 0 unspecified atom stereocenters. The maximum Gasteiger partial charge on any atom is 0.174 e. The van der Waals surface area contributed by atoms with E-state index in [9.17, 15) is 0 Å². The molecule has 1 N–H and O–H groups in total. The Hall–Kier alpha value is -1.73. The molecular weight excluding hydrogens is 262 g/mol. The maximum absolute atomic E-state index is 8.48. The topological polar surface area (TPSA) is 48.3 Å². The van der Waals surface area contributed by atoms with Crippen molar-refractivity contribution in [1.82, 2.24) is 4.90 Å². The number of ether oxygens (including phenoxy) is 1. The van der Waals surface area contributed by atoms with Gasteiger partial charge in [-0.05, 0) is 43.0 Å². The van der Waals surface area contributed by atoms with E-state index in [1.807, 2.05) is 30.3 Å². The van der Waals surface area contributed by atoms with Crippen molar-refractivity contribution < 1.29 is 4.74 Å². The zero-order valence-corrected chi connectivity index (χ0v) is 13.0. The molecule has 1 aliphatic heterocycles. The Morgan fingerprint density at radius 2 is 1.95 bits per heavy atom. The largest absolute Gasteiger partial charge is 0.479 e. The Balaban J connectivity index is 1.77. The number of hydrogen-bond donors (Lipinski definition) is 1. The van der Waals surface area contributed by atoms with E-state index in [-0.39, 0.29) is 6.61 Å². The molecule has 1 saturated heterocycles. The molecule has 4 nitrogen and oxygen atoms in total. The minimum Gasteiger partial charge on any atom is -0.479 e. The van der Waals surface area contributed by atoms with E-state index in [0.717, 1.165) is 17.4 Å². The van der Waals surface area contributed by atoms with Crippen LogP contribution in [-0.4, -0.2) is 37.2 Å². The van der Waals surface area contributed by atoms with Gasteiger partial charge in [0, 0.05) is 31.4 Å². The summed E-state index contributed by atoms with van der Waals surface area (Å²) in [5.74, 6) is 1.49. The Morgan fingerprint density at radius 1 is 1.29 bits per heavy atom. The molecule has 2 rings (SSSR count). The van der Waals surface area contributed by atoms with Gasteiger partial charge in [0.15, 0.2) is 6.61 Å². The number of benzene rings is 1. The van der Waals surface area contributed by atoms with Gasteiger partial charge >= 0.3 is 0 Å². The molecule has 21 heavy (non-hydrogen) atoms. The molecule has 0 aromatic heterocycles. The lowest BCUT2D eigenvalue weighted by atomic mass is 10.0. The normalized spacial score (nSPS) is 16.7. The number of nitrogens with zero attached hydrogens (tertiary/aromatic N) is 2. The van der Waals surface area contributed by atoms with Crippen LogP contribution in [0.4, 0.5) is 5.69 Å². The van der Waals surface area contributed by atoms with E-state index in [0.29, 0.717) is 6.04 Å². The first-order valence-corrected chi connectivity index (χ1v) is 7.76.